The minimum absolute atomic E-state index is 0.0431. The zero-order chi connectivity index (χ0) is 20.3. The number of nitrogens with one attached hydrogen (secondary N) is 2. The monoisotopic (exact) mass is 391 g/mol. The van der Waals surface area contributed by atoms with Crippen LogP contribution in [0.2, 0.25) is 0 Å². The summed E-state index contributed by atoms with van der Waals surface area (Å²) >= 11 is 0. The molecule has 1 unspecified atom stereocenters. The van der Waals surface area contributed by atoms with Crippen molar-refractivity contribution < 1.29 is 27.5 Å². The number of rotatable bonds is 3. The number of hydrazone groups is 1. The average molecular weight is 391 g/mol. The second-order valence-corrected chi connectivity index (χ2v) is 6.25. The van der Waals surface area contributed by atoms with Gasteiger partial charge < -0.3 is 4.74 Å². The Kier molecular flexibility index (Phi) is 5.34. The van der Waals surface area contributed by atoms with Crippen molar-refractivity contribution in [2.45, 2.75) is 19.5 Å². The van der Waals surface area contributed by atoms with Crippen LogP contribution in [0.3, 0.4) is 0 Å². The van der Waals surface area contributed by atoms with E-state index in [0.717, 1.165) is 29.5 Å². The van der Waals surface area contributed by atoms with E-state index in [9.17, 15) is 22.8 Å². The van der Waals surface area contributed by atoms with Gasteiger partial charge in [-0.25, -0.2) is 10.2 Å². The Balaban J connectivity index is 1.64. The fourth-order valence-corrected chi connectivity index (χ4v) is 2.71. The summed E-state index contributed by atoms with van der Waals surface area (Å²) in [7, 11) is 0. The number of anilines is 1. The molecule has 0 spiro atoms. The van der Waals surface area contributed by atoms with Gasteiger partial charge in [0.25, 0.3) is 0 Å². The van der Waals surface area contributed by atoms with Gasteiger partial charge in [0.1, 0.15) is 5.75 Å². The normalized spacial score (nSPS) is 16.8. The van der Waals surface area contributed by atoms with E-state index >= 15 is 0 Å². The summed E-state index contributed by atoms with van der Waals surface area (Å²) in [6, 6.07) is 10.7. The lowest BCUT2D eigenvalue weighted by atomic mass is 9.94. The summed E-state index contributed by atoms with van der Waals surface area (Å²) in [5, 5.41) is 6.49. The summed E-state index contributed by atoms with van der Waals surface area (Å²) in [5.41, 5.74) is 3.42. The van der Waals surface area contributed by atoms with Crippen molar-refractivity contribution in [3.8, 4) is 5.75 Å². The quantitative estimate of drug-likeness (QED) is 0.824. The van der Waals surface area contributed by atoms with Crippen LogP contribution in [0.25, 0.3) is 0 Å². The van der Waals surface area contributed by atoms with Crippen molar-refractivity contribution >= 4 is 23.4 Å². The summed E-state index contributed by atoms with van der Waals surface area (Å²) in [4.78, 5) is 23.2. The molecule has 2 aromatic carbocycles. The fraction of sp³-hybridized carbons (Fsp3) is 0.211. The van der Waals surface area contributed by atoms with Crippen LogP contribution >= 0.6 is 0 Å². The molecule has 1 heterocycles. The molecule has 0 radical (unpaired) electrons. The van der Waals surface area contributed by atoms with Crippen molar-refractivity contribution in [1.29, 1.82) is 0 Å². The number of halogens is 3. The molecule has 1 aliphatic rings. The van der Waals surface area contributed by atoms with E-state index in [1.807, 2.05) is 6.92 Å². The molecule has 0 aliphatic carbocycles. The molecule has 146 valence electrons. The Hall–Kier alpha value is -3.36. The largest absolute Gasteiger partial charge is 0.417 e. The first-order chi connectivity index (χ1) is 13.2. The van der Waals surface area contributed by atoms with Crippen molar-refractivity contribution in [2.24, 2.45) is 11.0 Å². The zero-order valence-electron chi connectivity index (χ0n) is 14.7. The lowest BCUT2D eigenvalue weighted by molar-refractivity contribution is -0.137. The first kappa shape index (κ1) is 19.4. The van der Waals surface area contributed by atoms with Crippen LogP contribution in [-0.2, 0) is 11.0 Å². The van der Waals surface area contributed by atoms with E-state index in [0.29, 0.717) is 12.1 Å². The number of nitrogens with zero attached hydrogens (tertiary/aromatic N) is 1. The van der Waals surface area contributed by atoms with Gasteiger partial charge in [0.15, 0.2) is 0 Å². The first-order valence-electron chi connectivity index (χ1n) is 8.35. The van der Waals surface area contributed by atoms with Crippen molar-refractivity contribution in [2.75, 3.05) is 5.32 Å². The minimum Gasteiger partial charge on any atom is -0.410 e. The zero-order valence-corrected chi connectivity index (χ0v) is 14.7. The van der Waals surface area contributed by atoms with Crippen LogP contribution in [0.1, 0.15) is 24.5 Å². The van der Waals surface area contributed by atoms with E-state index in [4.69, 9.17) is 4.74 Å². The molecule has 1 atom stereocenters. The molecule has 2 N–H and O–H groups in total. The fourth-order valence-electron chi connectivity index (χ4n) is 2.71. The summed E-state index contributed by atoms with van der Waals surface area (Å²) in [6.45, 7) is 1.89. The number of carbonyl (C=O) groups is 2. The first-order valence-corrected chi connectivity index (χ1v) is 8.35. The van der Waals surface area contributed by atoms with E-state index < -0.39 is 17.8 Å². The highest BCUT2D eigenvalue weighted by atomic mass is 19.4. The van der Waals surface area contributed by atoms with Gasteiger partial charge in [0.05, 0.1) is 11.3 Å². The van der Waals surface area contributed by atoms with Gasteiger partial charge in [0.2, 0.25) is 5.91 Å². The highest BCUT2D eigenvalue weighted by Crippen LogP contribution is 2.31. The molecule has 28 heavy (non-hydrogen) atoms. The van der Waals surface area contributed by atoms with Gasteiger partial charge in [-0.3, -0.25) is 10.1 Å². The second-order valence-electron chi connectivity index (χ2n) is 6.25. The van der Waals surface area contributed by atoms with Gasteiger partial charge in [0, 0.05) is 18.0 Å². The van der Waals surface area contributed by atoms with Crippen LogP contribution in [0.5, 0.6) is 5.75 Å². The summed E-state index contributed by atoms with van der Waals surface area (Å²) < 4.78 is 43.0. The van der Waals surface area contributed by atoms with Gasteiger partial charge in [-0.05, 0) is 35.9 Å². The third kappa shape index (κ3) is 4.67. The molecular formula is C19H16F3N3O3. The molecule has 0 saturated carbocycles. The molecule has 0 fully saturated rings. The average Bonchev–Trinajstić information content (AvgIpc) is 2.62. The molecule has 9 heteroatoms. The highest BCUT2D eigenvalue weighted by molar-refractivity contribution is 6.06. The maximum atomic E-state index is 12.7. The maximum Gasteiger partial charge on any atom is 0.417 e. The Morgan fingerprint density at radius 2 is 1.93 bits per heavy atom. The highest BCUT2D eigenvalue weighted by Gasteiger charge is 2.30. The Bertz CT molecular complexity index is 924. The van der Waals surface area contributed by atoms with Crippen LogP contribution < -0.4 is 15.5 Å². The Morgan fingerprint density at radius 1 is 1.21 bits per heavy atom. The number of hydrogen-bond acceptors (Lipinski definition) is 4. The molecule has 3 rings (SSSR count). The number of hydrogen-bond donors (Lipinski definition) is 2. The molecule has 0 bridgehead atoms. The molecule has 6 nitrogen and oxygen atoms in total. The second kappa shape index (κ2) is 7.71. The van der Waals surface area contributed by atoms with Crippen LogP contribution in [0.15, 0.2) is 53.6 Å². The lowest BCUT2D eigenvalue weighted by Crippen LogP contribution is -2.31. The molecule has 2 aromatic rings. The van der Waals surface area contributed by atoms with Crippen LogP contribution in [0, 0.1) is 5.92 Å². The summed E-state index contributed by atoms with van der Waals surface area (Å²) in [6.07, 6.45) is -5.10. The SMILES string of the molecule is CC1CC(=O)NN=C1c1ccc(NC(=O)Oc2cccc(C(F)(F)F)c2)cc1. The predicted octanol–water partition coefficient (Wildman–Crippen LogP) is 4.18. The van der Waals surface area contributed by atoms with Crippen molar-refractivity contribution in [3.63, 3.8) is 0 Å². The minimum atomic E-state index is -4.52. The molecule has 1 aliphatic heterocycles. The number of amides is 2. The number of benzene rings is 2. The Labute approximate surface area is 158 Å². The van der Waals surface area contributed by atoms with Crippen LogP contribution in [0.4, 0.5) is 23.7 Å². The van der Waals surface area contributed by atoms with Gasteiger partial charge in [-0.15, -0.1) is 0 Å². The molecule has 0 aromatic heterocycles. The van der Waals surface area contributed by atoms with E-state index in [1.54, 1.807) is 24.3 Å². The Morgan fingerprint density at radius 3 is 2.57 bits per heavy atom. The van der Waals surface area contributed by atoms with Gasteiger partial charge in [-0.2, -0.15) is 18.3 Å². The van der Waals surface area contributed by atoms with Crippen molar-refractivity contribution in [3.05, 3.63) is 59.7 Å². The van der Waals surface area contributed by atoms with Gasteiger partial charge in [-0.1, -0.05) is 25.1 Å². The summed E-state index contributed by atoms with van der Waals surface area (Å²) in [5.74, 6) is -0.407. The van der Waals surface area contributed by atoms with Gasteiger partial charge >= 0.3 is 12.3 Å². The third-order valence-corrected chi connectivity index (χ3v) is 4.06. The molecule has 0 saturated heterocycles. The lowest BCUT2D eigenvalue weighted by Gasteiger charge is -2.19. The van der Waals surface area contributed by atoms with E-state index in [-0.39, 0.29) is 17.6 Å². The van der Waals surface area contributed by atoms with Crippen LogP contribution in [-0.4, -0.2) is 17.7 Å². The topological polar surface area (TPSA) is 79.8 Å². The third-order valence-electron chi connectivity index (χ3n) is 4.06. The smallest absolute Gasteiger partial charge is 0.410 e. The molecule has 2 amide bonds. The molecular weight excluding hydrogens is 375 g/mol. The van der Waals surface area contributed by atoms with E-state index in [1.165, 1.54) is 6.07 Å². The number of carbonyl (C=O) groups excluding carboxylic acids is 2. The standard InChI is InChI=1S/C19H16F3N3O3/c1-11-9-16(26)24-25-17(11)12-5-7-14(8-6-12)23-18(27)28-15-4-2-3-13(10-15)19(20,21)22/h2-8,10-11H,9H2,1H3,(H,23,27)(H,24,26). The number of ether oxygens (including phenoxy) is 1. The van der Waals surface area contributed by atoms with E-state index in [2.05, 4.69) is 15.8 Å². The maximum absolute atomic E-state index is 12.7. The predicted molar refractivity (Wildman–Crippen MR) is 96.0 cm³/mol. The number of alkyl halides is 3. The van der Waals surface area contributed by atoms with Crippen molar-refractivity contribution in [1.82, 2.24) is 5.43 Å².